The third kappa shape index (κ3) is 26.5. The quantitative estimate of drug-likeness (QED) is 0.0395. The second-order valence-electron chi connectivity index (χ2n) is 32.6. The highest BCUT2D eigenvalue weighted by Crippen LogP contribution is 2.30. The van der Waals surface area contributed by atoms with Crippen LogP contribution in [-0.2, 0) is 96.0 Å². The molecule has 5 aromatic rings. The number of primary amides is 1. The van der Waals surface area contributed by atoms with E-state index in [1.165, 1.54) is 57.2 Å². The molecule has 0 spiro atoms. The number of thioether (sulfide) groups is 1. The van der Waals surface area contributed by atoms with Gasteiger partial charge in [-0.1, -0.05) is 109 Å². The second-order valence-corrected chi connectivity index (χ2v) is 33.7. The van der Waals surface area contributed by atoms with Crippen molar-refractivity contribution in [1.29, 1.82) is 0 Å². The number of hydrogen-bond donors (Lipinski definition) is 17. The van der Waals surface area contributed by atoms with Crippen LogP contribution in [0.3, 0.4) is 0 Å². The number of H-pyrrole nitrogens is 2. The van der Waals surface area contributed by atoms with Gasteiger partial charge in [-0.25, -0.2) is 0 Å². The SMILES string of the molecule is CCCC[C@H]1C(=O)N(C)[C@@H](CCCC)C(=O)N[C@@H](CO)C(=O)N[C@H](C(=O)NCC(N)=O)CSCC(=O)N[C@@H](Cc2ccc(O)cc2)C(=O)N(C)[C@@H](C)C(=O)N[C@@H](CO)C(=O)N2CCC[C@H]2C(=O)N[C@@H](CO)C(=O)N[C@@H](CC(C)C)C(=O)N2C[C@H](O)C[C@H]2C(=O)C[C@@H](Cc2c[nH]c3ccccc23)C(=O)N[C@@H](CC)C(=O)N[C@@H](Cc2c[nH]c3ccccc23)C(=O)N1C. The van der Waals surface area contributed by atoms with Crippen LogP contribution < -0.4 is 53.6 Å². The van der Waals surface area contributed by atoms with Crippen LogP contribution in [0.1, 0.15) is 135 Å². The number of unbranched alkanes of at least 4 members (excludes halogenated alkanes) is 2. The lowest BCUT2D eigenvalue weighted by molar-refractivity contribution is -0.149. The average molecular weight is 1760 g/mol. The topological polar surface area (TPSA) is 556 Å². The third-order valence-electron chi connectivity index (χ3n) is 23.0. The Balaban J connectivity index is 1.15. The number of ketones is 1. The van der Waals surface area contributed by atoms with E-state index in [1.54, 1.807) is 57.4 Å². The molecule has 0 aliphatic carbocycles. The minimum absolute atomic E-state index is 0.00478. The molecule has 3 aromatic carbocycles. The van der Waals surface area contributed by atoms with Crippen molar-refractivity contribution in [2.24, 2.45) is 17.6 Å². The highest BCUT2D eigenvalue weighted by atomic mass is 32.2. The number of aromatic hydroxyl groups is 1. The van der Waals surface area contributed by atoms with Crippen molar-refractivity contribution in [2.75, 3.05) is 72.1 Å². The summed E-state index contributed by atoms with van der Waals surface area (Å²) in [7, 11) is 3.93. The van der Waals surface area contributed by atoms with E-state index in [2.05, 4.69) is 57.8 Å². The first-order valence-electron chi connectivity index (χ1n) is 42.4. The van der Waals surface area contributed by atoms with E-state index in [4.69, 9.17) is 5.73 Å². The predicted octanol–water partition coefficient (Wildman–Crippen LogP) is -1.55. The predicted molar refractivity (Wildman–Crippen MR) is 460 cm³/mol. The molecule has 3 saturated heterocycles. The number of aromatic amines is 2. The molecule has 8 rings (SSSR count). The molecule has 2 aromatic heterocycles. The summed E-state index contributed by atoms with van der Waals surface area (Å²) in [4.78, 5) is 245. The smallest absolute Gasteiger partial charge is 0.248 e. The van der Waals surface area contributed by atoms with Gasteiger partial charge in [0.25, 0.3) is 0 Å². The average Bonchev–Trinajstić information content (AvgIpc) is 1.72. The molecule has 39 heteroatoms. The highest BCUT2D eigenvalue weighted by molar-refractivity contribution is 8.00. The summed E-state index contributed by atoms with van der Waals surface area (Å²) < 4.78 is 0. The molecule has 15 atom stereocenters. The zero-order valence-corrected chi connectivity index (χ0v) is 72.9. The molecular weight excluding hydrogens is 1640 g/mol. The van der Waals surface area contributed by atoms with Crippen LogP contribution in [0.2, 0.25) is 0 Å². The summed E-state index contributed by atoms with van der Waals surface area (Å²) >= 11 is 0.745. The van der Waals surface area contributed by atoms with Crippen molar-refractivity contribution in [2.45, 2.75) is 223 Å². The molecule has 0 bridgehead atoms. The number of amides is 15. The van der Waals surface area contributed by atoms with Gasteiger partial charge in [0.2, 0.25) is 88.6 Å². The first-order chi connectivity index (χ1) is 59.6. The minimum Gasteiger partial charge on any atom is -0.508 e. The Bertz CT molecular complexity index is 4660. The number of likely N-dealkylation sites (N-methyl/N-ethyl adjacent to an activating group) is 3. The molecule has 0 radical (unpaired) electrons. The molecule has 682 valence electrons. The minimum atomic E-state index is -1.83. The summed E-state index contributed by atoms with van der Waals surface area (Å²) in [5, 5.41) is 78.3. The van der Waals surface area contributed by atoms with E-state index in [-0.39, 0.29) is 82.4 Å². The number of phenolic OH excluding ortho intramolecular Hbond substituents is 1. The number of rotatable bonds is 21. The van der Waals surface area contributed by atoms with Gasteiger partial charge < -0.3 is 114 Å². The lowest BCUT2D eigenvalue weighted by Gasteiger charge is -2.36. The van der Waals surface area contributed by atoms with E-state index in [0.29, 0.717) is 64.2 Å². The number of para-hydroxylation sites is 2. The maximum absolute atomic E-state index is 15.6. The number of carbonyl (C=O) groups excluding carboxylic acids is 16. The van der Waals surface area contributed by atoms with Crippen LogP contribution in [-0.4, -0.2) is 311 Å². The maximum atomic E-state index is 15.6. The Hall–Kier alpha value is -11.6. The first kappa shape index (κ1) is 98.9. The number of fused-ring (bicyclic) bond motifs is 4. The number of benzene rings is 3. The normalized spacial score (nSPS) is 26.0. The van der Waals surface area contributed by atoms with Gasteiger partial charge in [0.15, 0.2) is 5.78 Å². The summed E-state index contributed by atoms with van der Waals surface area (Å²) in [6.07, 6.45) is 2.41. The van der Waals surface area contributed by atoms with Crippen molar-refractivity contribution in [3.8, 4) is 5.75 Å². The fourth-order valence-electron chi connectivity index (χ4n) is 15.8. The molecule has 3 fully saturated rings. The number of aliphatic hydroxyl groups is 4. The second kappa shape index (κ2) is 47.0. The van der Waals surface area contributed by atoms with Crippen LogP contribution in [0, 0.1) is 11.8 Å². The van der Waals surface area contributed by atoms with Crippen molar-refractivity contribution < 1.29 is 102 Å². The Kier molecular flexibility index (Phi) is 37.2. The Morgan fingerprint density at radius 3 is 1.66 bits per heavy atom. The fourth-order valence-corrected chi connectivity index (χ4v) is 16.6. The third-order valence-corrected chi connectivity index (χ3v) is 24.1. The van der Waals surface area contributed by atoms with Gasteiger partial charge in [-0.05, 0) is 98.7 Å². The first-order valence-corrected chi connectivity index (χ1v) is 43.6. The molecular formula is C86H121N17O21S. The molecule has 18 N–H and O–H groups in total. The van der Waals surface area contributed by atoms with E-state index >= 15 is 28.8 Å². The van der Waals surface area contributed by atoms with Gasteiger partial charge in [-0.2, -0.15) is 0 Å². The lowest BCUT2D eigenvalue weighted by Crippen LogP contribution is -2.61. The molecule has 15 amide bonds. The summed E-state index contributed by atoms with van der Waals surface area (Å²) in [6.45, 7) is 5.70. The molecule has 38 nitrogen and oxygen atoms in total. The number of nitrogens with one attached hydrogen (secondary N) is 11. The summed E-state index contributed by atoms with van der Waals surface area (Å²) in [6, 6.07) is 0.222. The largest absolute Gasteiger partial charge is 0.508 e. The van der Waals surface area contributed by atoms with Gasteiger partial charge >= 0.3 is 0 Å². The molecule has 5 heterocycles. The van der Waals surface area contributed by atoms with Crippen LogP contribution >= 0.6 is 11.8 Å². The fraction of sp³-hybridized carbons (Fsp3) is 0.558. The highest BCUT2D eigenvalue weighted by Gasteiger charge is 2.46. The van der Waals surface area contributed by atoms with Gasteiger partial charge in [-0.3, -0.25) is 76.7 Å². The number of carbonyl (C=O) groups is 16. The molecule has 3 aliphatic heterocycles. The van der Waals surface area contributed by atoms with Crippen molar-refractivity contribution in [1.82, 2.24) is 82.3 Å². The number of aliphatic hydroxyl groups excluding tert-OH is 4. The van der Waals surface area contributed by atoms with Gasteiger partial charge in [0, 0.05) is 106 Å². The van der Waals surface area contributed by atoms with Crippen molar-refractivity contribution in [3.05, 3.63) is 102 Å². The van der Waals surface area contributed by atoms with E-state index in [9.17, 15) is 73.5 Å². The number of phenols is 1. The van der Waals surface area contributed by atoms with E-state index < -0.39 is 236 Å². The van der Waals surface area contributed by atoms with Crippen molar-refractivity contribution >= 4 is 128 Å². The van der Waals surface area contributed by atoms with Crippen molar-refractivity contribution in [3.63, 3.8) is 0 Å². The zero-order chi connectivity index (χ0) is 91.6. The van der Waals surface area contributed by atoms with E-state index in [0.717, 1.165) is 31.4 Å². The van der Waals surface area contributed by atoms with Crippen LogP contribution in [0.5, 0.6) is 5.75 Å². The molecule has 0 saturated carbocycles. The molecule has 0 unspecified atom stereocenters. The number of nitrogens with two attached hydrogens (primary N) is 1. The van der Waals surface area contributed by atoms with Crippen LogP contribution in [0.25, 0.3) is 21.8 Å². The number of aromatic nitrogens is 2. The molecule has 3 aliphatic rings. The summed E-state index contributed by atoms with van der Waals surface area (Å²) in [5.41, 5.74) is 8.33. The molecule has 125 heavy (non-hydrogen) atoms. The van der Waals surface area contributed by atoms with Gasteiger partial charge in [-0.15, -0.1) is 11.8 Å². The van der Waals surface area contributed by atoms with Gasteiger partial charge in [0.05, 0.1) is 44.3 Å². The Morgan fingerprint density at radius 2 is 1.07 bits per heavy atom. The standard InChI is InChI=1S/C86H121N17O21S/c1-10-13-24-67-80(118)95-64(43-105)79(117)98-66(76(114)90-40-72(87)110)45-125-46-73(111)91-61(33-49-27-29-53(107)30-28-49)82(120)99(7)48(6)74(112)97-65(44-106)85(123)102-31-19-26-68(102)81(119)96-63(42-104)78(116)93-60(32-47(4)5)84(122)103-41-54(108)37-70(103)71(109)36-50(34-51-38-88-58-22-17-15-20-55(51)58)75(113)92-57(12-3)77(115)94-62(35-52-39-89-59-23-18-16-21-56(52)59)83(121)101(9)69(25-14-11-2)86(124)100(67)8/h15-18,20-23,27-30,38-39,47-48,50,54,57,60-70,88-89,104-108H,10-14,19,24-26,31-37,40-46H2,1-9H3,(H2,87,110)(H,90,114)(H,91,111)(H,92,113)(H,93,116)(H,94,115)(H,95,118)(H,96,119)(H,97,112)(H,98,117)/t48-,50+,54+,57-,60-,61-,62-,63-,64-,65-,66-,67-,68-,69-,70-/m0/s1. The van der Waals surface area contributed by atoms with E-state index in [1.807, 2.05) is 38.1 Å². The monoisotopic (exact) mass is 1760 g/mol. The summed E-state index contributed by atoms with van der Waals surface area (Å²) in [5.74, 6) is -17.2. The van der Waals surface area contributed by atoms with Crippen LogP contribution in [0.15, 0.2) is 85.2 Å². The Morgan fingerprint density at radius 1 is 0.552 bits per heavy atom. The van der Waals surface area contributed by atoms with Crippen LogP contribution in [0.4, 0.5) is 0 Å². The lowest BCUT2D eigenvalue weighted by atomic mass is 9.90. The number of Topliss-reactive ketones (excluding diaryl/α,β-unsaturated/α-hetero) is 1. The zero-order valence-electron chi connectivity index (χ0n) is 72.1. The van der Waals surface area contributed by atoms with Gasteiger partial charge in [0.1, 0.15) is 78.3 Å². The maximum Gasteiger partial charge on any atom is 0.248 e. The number of nitrogens with zero attached hydrogens (tertiary/aromatic N) is 5. The number of hydrogen-bond acceptors (Lipinski definition) is 22. The Labute approximate surface area is 728 Å².